The van der Waals surface area contributed by atoms with Crippen LogP contribution in [0.4, 0.5) is 0 Å². The van der Waals surface area contributed by atoms with Crippen LogP contribution in [0.2, 0.25) is 0 Å². The number of halogens is 1. The first kappa shape index (κ1) is 11.2. The zero-order valence-corrected chi connectivity index (χ0v) is 11.2. The Morgan fingerprint density at radius 1 is 1.06 bits per heavy atom. The van der Waals surface area contributed by atoms with Crippen LogP contribution in [0.25, 0.3) is 10.8 Å². The summed E-state index contributed by atoms with van der Waals surface area (Å²) < 4.78 is 5.88. The maximum atomic E-state index is 5.88. The van der Waals surface area contributed by atoms with Gasteiger partial charge in [0.15, 0.2) is 0 Å². The normalized spacial score (nSPS) is 25.0. The van der Waals surface area contributed by atoms with Crippen molar-refractivity contribution in [3.63, 3.8) is 0 Å². The summed E-state index contributed by atoms with van der Waals surface area (Å²) >= 11 is 3.73. The van der Waals surface area contributed by atoms with E-state index < -0.39 is 0 Å². The van der Waals surface area contributed by atoms with E-state index in [9.17, 15) is 0 Å². The summed E-state index contributed by atoms with van der Waals surface area (Å²) in [5.74, 6) is 0. The van der Waals surface area contributed by atoms with Crippen LogP contribution in [-0.4, -0.2) is 11.4 Å². The second kappa shape index (κ2) is 4.79. The van der Waals surface area contributed by atoms with Crippen molar-refractivity contribution in [2.24, 2.45) is 0 Å². The molecule has 1 heterocycles. The number of hydrogen-bond acceptors (Lipinski definition) is 1. The smallest absolute Gasteiger partial charge is 0.0950 e. The van der Waals surface area contributed by atoms with Crippen molar-refractivity contribution < 1.29 is 4.74 Å². The number of ether oxygens (including phenoxy) is 1. The minimum Gasteiger partial charge on any atom is -0.372 e. The van der Waals surface area contributed by atoms with Crippen LogP contribution in [0.1, 0.15) is 24.5 Å². The molecule has 17 heavy (non-hydrogen) atoms. The maximum Gasteiger partial charge on any atom is 0.0950 e. The molecule has 0 spiro atoms. The second-order valence-corrected chi connectivity index (χ2v) is 5.73. The van der Waals surface area contributed by atoms with E-state index in [0.29, 0.717) is 4.83 Å². The van der Waals surface area contributed by atoms with Gasteiger partial charge in [0.05, 0.1) is 6.10 Å². The zero-order valence-electron chi connectivity index (χ0n) is 9.60. The van der Waals surface area contributed by atoms with Gasteiger partial charge in [-0.2, -0.15) is 0 Å². The fourth-order valence-electron chi connectivity index (χ4n) is 2.43. The lowest BCUT2D eigenvalue weighted by atomic mass is 9.98. The molecular weight excluding hydrogens is 276 g/mol. The van der Waals surface area contributed by atoms with E-state index >= 15 is 0 Å². The van der Waals surface area contributed by atoms with Crippen molar-refractivity contribution >= 4 is 26.7 Å². The van der Waals surface area contributed by atoms with E-state index in [4.69, 9.17) is 4.74 Å². The molecule has 0 N–H and O–H groups in total. The van der Waals surface area contributed by atoms with Crippen LogP contribution < -0.4 is 0 Å². The summed E-state index contributed by atoms with van der Waals surface area (Å²) in [7, 11) is 0. The van der Waals surface area contributed by atoms with E-state index in [2.05, 4.69) is 58.4 Å². The molecule has 1 aliphatic rings. The third-order valence-electron chi connectivity index (χ3n) is 3.35. The molecule has 3 rings (SSSR count). The van der Waals surface area contributed by atoms with E-state index in [1.807, 2.05) is 0 Å². The highest BCUT2D eigenvalue weighted by Gasteiger charge is 2.25. The molecule has 1 fully saturated rings. The van der Waals surface area contributed by atoms with Crippen molar-refractivity contribution in [2.75, 3.05) is 6.61 Å². The van der Waals surface area contributed by atoms with Gasteiger partial charge in [0.25, 0.3) is 0 Å². The molecule has 88 valence electrons. The first-order valence-electron chi connectivity index (χ1n) is 6.09. The van der Waals surface area contributed by atoms with Crippen molar-refractivity contribution in [1.29, 1.82) is 0 Å². The Hall–Kier alpha value is -0.860. The molecule has 0 aliphatic carbocycles. The molecule has 0 unspecified atom stereocenters. The summed E-state index contributed by atoms with van der Waals surface area (Å²) in [4.78, 5) is 0.442. The molecule has 2 aromatic carbocycles. The average Bonchev–Trinajstić information content (AvgIpc) is 2.39. The number of alkyl halides is 1. The lowest BCUT2D eigenvalue weighted by Crippen LogP contribution is -2.22. The van der Waals surface area contributed by atoms with E-state index in [1.54, 1.807) is 0 Å². The first-order chi connectivity index (χ1) is 8.34. The highest BCUT2D eigenvalue weighted by Crippen LogP contribution is 2.34. The minimum absolute atomic E-state index is 0.202. The molecule has 2 aromatic rings. The lowest BCUT2D eigenvalue weighted by molar-refractivity contribution is 0.0218. The van der Waals surface area contributed by atoms with Gasteiger partial charge >= 0.3 is 0 Å². The Balaban J connectivity index is 1.99. The van der Waals surface area contributed by atoms with Crippen molar-refractivity contribution in [2.45, 2.75) is 23.8 Å². The Kier molecular flexibility index (Phi) is 3.17. The second-order valence-electron chi connectivity index (χ2n) is 4.56. The number of fused-ring (bicyclic) bond motifs is 1. The third-order valence-corrected chi connectivity index (χ3v) is 4.29. The Bertz CT molecular complexity index is 523. The van der Waals surface area contributed by atoms with Gasteiger partial charge in [0, 0.05) is 11.4 Å². The molecule has 0 radical (unpaired) electrons. The fraction of sp³-hybridized carbons (Fsp3) is 0.333. The summed E-state index contributed by atoms with van der Waals surface area (Å²) in [5.41, 5.74) is 1.28. The summed E-state index contributed by atoms with van der Waals surface area (Å²) in [5, 5.41) is 2.58. The summed E-state index contributed by atoms with van der Waals surface area (Å²) in [6, 6.07) is 15.1. The summed E-state index contributed by atoms with van der Waals surface area (Å²) in [6.07, 6.45) is 2.55. The molecule has 0 aromatic heterocycles. The van der Waals surface area contributed by atoms with Gasteiger partial charge < -0.3 is 4.74 Å². The molecule has 1 aliphatic heterocycles. The number of hydrogen-bond donors (Lipinski definition) is 0. The molecule has 0 amide bonds. The molecular formula is C15H15BrO. The van der Waals surface area contributed by atoms with Crippen molar-refractivity contribution in [1.82, 2.24) is 0 Å². The standard InChI is InChI=1S/C15H15BrO/c16-14-6-3-9-17-15(14)13-8-7-11-4-1-2-5-12(11)10-13/h1-2,4-5,7-8,10,14-15H,3,6,9H2/t14-,15+/m0/s1. The SMILES string of the molecule is Br[C@H]1CCCO[C@@H]1c1ccc2ccccc2c1. The molecule has 2 atom stereocenters. The topological polar surface area (TPSA) is 9.23 Å². The molecule has 0 bridgehead atoms. The zero-order chi connectivity index (χ0) is 11.7. The van der Waals surface area contributed by atoms with E-state index in [0.717, 1.165) is 13.0 Å². The average molecular weight is 291 g/mol. The number of benzene rings is 2. The minimum atomic E-state index is 0.202. The Morgan fingerprint density at radius 2 is 1.88 bits per heavy atom. The van der Waals surface area contributed by atoms with Crippen LogP contribution in [0.15, 0.2) is 42.5 Å². The van der Waals surface area contributed by atoms with Gasteiger partial charge in [-0.15, -0.1) is 0 Å². The lowest BCUT2D eigenvalue weighted by Gasteiger charge is -2.28. The van der Waals surface area contributed by atoms with Crippen LogP contribution in [0, 0.1) is 0 Å². The van der Waals surface area contributed by atoms with Gasteiger partial charge in [0.1, 0.15) is 0 Å². The maximum absolute atomic E-state index is 5.88. The van der Waals surface area contributed by atoms with Crippen LogP contribution in [0.3, 0.4) is 0 Å². The molecule has 1 nitrogen and oxygen atoms in total. The van der Waals surface area contributed by atoms with Crippen LogP contribution in [-0.2, 0) is 4.74 Å². The monoisotopic (exact) mass is 290 g/mol. The first-order valence-corrected chi connectivity index (χ1v) is 7.00. The Morgan fingerprint density at radius 3 is 2.71 bits per heavy atom. The van der Waals surface area contributed by atoms with Gasteiger partial charge in [-0.3, -0.25) is 0 Å². The summed E-state index contributed by atoms with van der Waals surface area (Å²) in [6.45, 7) is 0.875. The van der Waals surface area contributed by atoms with Crippen molar-refractivity contribution in [3.05, 3.63) is 48.0 Å². The van der Waals surface area contributed by atoms with Crippen LogP contribution in [0.5, 0.6) is 0 Å². The highest BCUT2D eigenvalue weighted by atomic mass is 79.9. The molecule has 1 saturated heterocycles. The van der Waals surface area contributed by atoms with Gasteiger partial charge in [-0.1, -0.05) is 52.3 Å². The van der Waals surface area contributed by atoms with Gasteiger partial charge in [0.2, 0.25) is 0 Å². The Labute approximate surface area is 110 Å². The largest absolute Gasteiger partial charge is 0.372 e. The number of rotatable bonds is 1. The molecule has 0 saturated carbocycles. The van der Waals surface area contributed by atoms with Crippen molar-refractivity contribution in [3.8, 4) is 0 Å². The molecule has 2 heteroatoms. The van der Waals surface area contributed by atoms with Gasteiger partial charge in [-0.05, 0) is 35.2 Å². The highest BCUT2D eigenvalue weighted by molar-refractivity contribution is 9.09. The van der Waals surface area contributed by atoms with E-state index in [-0.39, 0.29) is 6.10 Å². The fourth-order valence-corrected chi connectivity index (χ4v) is 3.22. The predicted octanol–water partition coefficient (Wildman–Crippen LogP) is 4.45. The van der Waals surface area contributed by atoms with Gasteiger partial charge in [-0.25, -0.2) is 0 Å². The predicted molar refractivity (Wildman–Crippen MR) is 74.6 cm³/mol. The quantitative estimate of drug-likeness (QED) is 0.705. The van der Waals surface area contributed by atoms with Crippen LogP contribution >= 0.6 is 15.9 Å². The van der Waals surface area contributed by atoms with E-state index in [1.165, 1.54) is 22.8 Å². The third kappa shape index (κ3) is 2.24.